The highest BCUT2D eigenvalue weighted by atomic mass is 16.5. The summed E-state index contributed by atoms with van der Waals surface area (Å²) in [5, 5.41) is 0. The molecule has 2 saturated carbocycles. The number of ether oxygens (including phenoxy) is 1. The van der Waals surface area contributed by atoms with E-state index >= 15 is 0 Å². The van der Waals surface area contributed by atoms with E-state index < -0.39 is 0 Å². The standard InChI is InChI=1S/C8H14O/c1-9-7-3-2-4-8(7)5-6-8/h7H,2-6H2,1H3. The highest BCUT2D eigenvalue weighted by Gasteiger charge is 2.52. The van der Waals surface area contributed by atoms with Crippen molar-refractivity contribution in [2.45, 2.75) is 38.2 Å². The molecule has 1 unspecified atom stereocenters. The molecule has 0 aromatic carbocycles. The SMILES string of the molecule is COC1CCCC12CC2. The minimum atomic E-state index is 0.623. The van der Waals surface area contributed by atoms with Gasteiger partial charge in [0.25, 0.3) is 0 Å². The summed E-state index contributed by atoms with van der Waals surface area (Å²) in [6.45, 7) is 0. The third-order valence-corrected chi connectivity index (χ3v) is 3.00. The van der Waals surface area contributed by atoms with E-state index in [-0.39, 0.29) is 0 Å². The summed E-state index contributed by atoms with van der Waals surface area (Å²) in [6.07, 6.45) is 7.65. The molecule has 1 spiro atoms. The predicted octanol–water partition coefficient (Wildman–Crippen LogP) is 1.97. The molecule has 0 aromatic heterocycles. The van der Waals surface area contributed by atoms with Crippen molar-refractivity contribution in [1.82, 2.24) is 0 Å². The Kier molecular flexibility index (Phi) is 1.10. The van der Waals surface area contributed by atoms with E-state index in [1.807, 2.05) is 7.11 Å². The number of methoxy groups -OCH3 is 1. The second-order valence-electron chi connectivity index (χ2n) is 3.48. The van der Waals surface area contributed by atoms with Crippen LogP contribution in [0.2, 0.25) is 0 Å². The molecule has 0 radical (unpaired) electrons. The number of hydrogen-bond acceptors (Lipinski definition) is 1. The van der Waals surface area contributed by atoms with Crippen molar-refractivity contribution in [2.75, 3.05) is 7.11 Å². The van der Waals surface area contributed by atoms with Gasteiger partial charge in [0.15, 0.2) is 0 Å². The molecule has 2 rings (SSSR count). The van der Waals surface area contributed by atoms with Crippen LogP contribution in [0.3, 0.4) is 0 Å². The summed E-state index contributed by atoms with van der Waals surface area (Å²) in [6, 6.07) is 0. The van der Waals surface area contributed by atoms with E-state index in [1.54, 1.807) is 0 Å². The third-order valence-electron chi connectivity index (χ3n) is 3.00. The molecule has 0 aliphatic heterocycles. The molecule has 2 aliphatic rings. The normalized spacial score (nSPS) is 37.7. The molecule has 0 heterocycles. The topological polar surface area (TPSA) is 9.23 Å². The molecule has 0 bridgehead atoms. The molecule has 0 amide bonds. The quantitative estimate of drug-likeness (QED) is 0.522. The van der Waals surface area contributed by atoms with E-state index in [2.05, 4.69) is 0 Å². The maximum absolute atomic E-state index is 5.39. The molecule has 1 heteroatoms. The summed E-state index contributed by atoms with van der Waals surface area (Å²) >= 11 is 0. The molecule has 1 nitrogen and oxygen atoms in total. The molecule has 0 saturated heterocycles. The Bertz CT molecular complexity index is 116. The second kappa shape index (κ2) is 1.72. The lowest BCUT2D eigenvalue weighted by Crippen LogP contribution is -2.16. The monoisotopic (exact) mass is 126 g/mol. The Morgan fingerprint density at radius 2 is 2.11 bits per heavy atom. The Morgan fingerprint density at radius 1 is 1.33 bits per heavy atom. The van der Waals surface area contributed by atoms with E-state index in [9.17, 15) is 0 Å². The van der Waals surface area contributed by atoms with Crippen LogP contribution in [-0.4, -0.2) is 13.2 Å². The Hall–Kier alpha value is -0.0400. The van der Waals surface area contributed by atoms with Crippen LogP contribution in [0.5, 0.6) is 0 Å². The maximum atomic E-state index is 5.39. The first-order chi connectivity index (χ1) is 4.37. The van der Waals surface area contributed by atoms with E-state index in [0.29, 0.717) is 11.5 Å². The fraction of sp³-hybridized carbons (Fsp3) is 1.00. The van der Waals surface area contributed by atoms with Gasteiger partial charge in [-0.05, 0) is 31.1 Å². The first-order valence-electron chi connectivity index (χ1n) is 3.90. The van der Waals surface area contributed by atoms with Crippen LogP contribution in [-0.2, 0) is 4.74 Å². The zero-order valence-electron chi connectivity index (χ0n) is 6.02. The average Bonchev–Trinajstić information content (AvgIpc) is 2.45. The molecule has 2 fully saturated rings. The van der Waals surface area contributed by atoms with Crippen LogP contribution < -0.4 is 0 Å². The molecule has 0 aromatic rings. The molecular weight excluding hydrogens is 112 g/mol. The van der Waals surface area contributed by atoms with E-state index in [0.717, 1.165) is 0 Å². The van der Waals surface area contributed by atoms with Gasteiger partial charge < -0.3 is 4.74 Å². The van der Waals surface area contributed by atoms with Crippen molar-refractivity contribution in [1.29, 1.82) is 0 Å². The number of hydrogen-bond donors (Lipinski definition) is 0. The van der Waals surface area contributed by atoms with Crippen LogP contribution in [0, 0.1) is 5.41 Å². The summed E-state index contributed by atoms with van der Waals surface area (Å²) in [4.78, 5) is 0. The van der Waals surface area contributed by atoms with Gasteiger partial charge in [0.2, 0.25) is 0 Å². The number of rotatable bonds is 1. The summed E-state index contributed by atoms with van der Waals surface area (Å²) < 4.78 is 5.39. The van der Waals surface area contributed by atoms with Gasteiger partial charge in [0.05, 0.1) is 6.10 Å². The van der Waals surface area contributed by atoms with Gasteiger partial charge >= 0.3 is 0 Å². The summed E-state index contributed by atoms with van der Waals surface area (Å²) in [5.41, 5.74) is 0.689. The minimum Gasteiger partial charge on any atom is -0.381 e. The fourth-order valence-corrected chi connectivity index (χ4v) is 2.21. The first-order valence-corrected chi connectivity index (χ1v) is 3.90. The van der Waals surface area contributed by atoms with Crippen molar-refractivity contribution >= 4 is 0 Å². The van der Waals surface area contributed by atoms with Gasteiger partial charge in [-0.1, -0.05) is 6.42 Å². The third kappa shape index (κ3) is 0.710. The van der Waals surface area contributed by atoms with Crippen molar-refractivity contribution < 1.29 is 4.74 Å². The lowest BCUT2D eigenvalue weighted by Gasteiger charge is -2.15. The molecule has 9 heavy (non-hydrogen) atoms. The van der Waals surface area contributed by atoms with Crippen molar-refractivity contribution in [3.63, 3.8) is 0 Å². The zero-order chi connectivity index (χ0) is 6.32. The lowest BCUT2D eigenvalue weighted by molar-refractivity contribution is 0.0608. The van der Waals surface area contributed by atoms with Gasteiger partial charge in [-0.25, -0.2) is 0 Å². The summed E-state index contributed by atoms with van der Waals surface area (Å²) in [5.74, 6) is 0. The predicted molar refractivity (Wildman–Crippen MR) is 36.3 cm³/mol. The highest BCUT2D eigenvalue weighted by molar-refractivity contribution is 5.03. The minimum absolute atomic E-state index is 0.623. The highest BCUT2D eigenvalue weighted by Crippen LogP contribution is 2.58. The van der Waals surface area contributed by atoms with Crippen LogP contribution in [0.1, 0.15) is 32.1 Å². The van der Waals surface area contributed by atoms with Gasteiger partial charge in [-0.3, -0.25) is 0 Å². The fourth-order valence-electron chi connectivity index (χ4n) is 2.21. The van der Waals surface area contributed by atoms with Crippen molar-refractivity contribution in [2.24, 2.45) is 5.41 Å². The van der Waals surface area contributed by atoms with E-state index in [4.69, 9.17) is 4.74 Å². The van der Waals surface area contributed by atoms with Crippen LogP contribution in [0.4, 0.5) is 0 Å². The smallest absolute Gasteiger partial charge is 0.0627 e. The van der Waals surface area contributed by atoms with Gasteiger partial charge in [0.1, 0.15) is 0 Å². The molecule has 2 aliphatic carbocycles. The Labute approximate surface area is 56.4 Å². The Balaban J connectivity index is 2.05. The van der Waals surface area contributed by atoms with Crippen LogP contribution >= 0.6 is 0 Å². The van der Waals surface area contributed by atoms with Crippen LogP contribution in [0.15, 0.2) is 0 Å². The average molecular weight is 126 g/mol. The zero-order valence-corrected chi connectivity index (χ0v) is 6.02. The van der Waals surface area contributed by atoms with Crippen molar-refractivity contribution in [3.05, 3.63) is 0 Å². The first kappa shape index (κ1) is 5.72. The lowest BCUT2D eigenvalue weighted by atomic mass is 10.0. The van der Waals surface area contributed by atoms with Gasteiger partial charge in [-0.15, -0.1) is 0 Å². The molecule has 1 atom stereocenters. The van der Waals surface area contributed by atoms with Gasteiger partial charge in [-0.2, -0.15) is 0 Å². The van der Waals surface area contributed by atoms with Crippen molar-refractivity contribution in [3.8, 4) is 0 Å². The maximum Gasteiger partial charge on any atom is 0.0627 e. The van der Waals surface area contributed by atoms with Crippen LogP contribution in [0.25, 0.3) is 0 Å². The van der Waals surface area contributed by atoms with Gasteiger partial charge in [0, 0.05) is 7.11 Å². The molecule has 52 valence electrons. The largest absolute Gasteiger partial charge is 0.381 e. The Morgan fingerprint density at radius 3 is 2.56 bits per heavy atom. The summed E-state index contributed by atoms with van der Waals surface area (Å²) in [7, 11) is 1.86. The van der Waals surface area contributed by atoms with E-state index in [1.165, 1.54) is 32.1 Å². The molecule has 0 N–H and O–H groups in total. The second-order valence-corrected chi connectivity index (χ2v) is 3.48. The molecular formula is C8H14O.